The highest BCUT2D eigenvalue weighted by Gasteiger charge is 2.20. The molecule has 2 rings (SSSR count). The van der Waals surface area contributed by atoms with Crippen molar-refractivity contribution in [1.29, 1.82) is 0 Å². The van der Waals surface area contributed by atoms with Crippen LogP contribution in [-0.2, 0) is 19.5 Å². The van der Waals surface area contributed by atoms with Crippen molar-refractivity contribution in [3.63, 3.8) is 0 Å². The van der Waals surface area contributed by atoms with Gasteiger partial charge in [-0.3, -0.25) is 4.68 Å². The average molecular weight is 193 g/mol. The maximum absolute atomic E-state index is 4.69. The second-order valence-corrected chi connectivity index (χ2v) is 4.21. The van der Waals surface area contributed by atoms with Crippen molar-refractivity contribution in [3.05, 3.63) is 17.0 Å². The topological polar surface area (TPSA) is 29.9 Å². The van der Waals surface area contributed by atoms with Crippen LogP contribution in [-0.4, -0.2) is 16.3 Å². The van der Waals surface area contributed by atoms with Gasteiger partial charge in [0.05, 0.1) is 11.4 Å². The summed E-state index contributed by atoms with van der Waals surface area (Å²) in [5.41, 5.74) is 4.21. The molecule has 0 amide bonds. The Labute approximate surface area is 85.5 Å². The molecule has 0 atom stereocenters. The number of hydrogen-bond acceptors (Lipinski definition) is 2. The highest BCUT2D eigenvalue weighted by atomic mass is 15.3. The van der Waals surface area contributed by atoms with E-state index in [0.717, 1.165) is 26.1 Å². The van der Waals surface area contributed by atoms with Crippen LogP contribution in [0.1, 0.15) is 43.6 Å². The van der Waals surface area contributed by atoms with Gasteiger partial charge in [-0.05, 0) is 31.4 Å². The quantitative estimate of drug-likeness (QED) is 0.774. The number of fused-ring (bicyclic) bond motifs is 1. The molecule has 0 fully saturated rings. The van der Waals surface area contributed by atoms with Crippen molar-refractivity contribution in [2.24, 2.45) is 0 Å². The van der Waals surface area contributed by atoms with Crippen molar-refractivity contribution in [1.82, 2.24) is 15.1 Å². The van der Waals surface area contributed by atoms with E-state index in [2.05, 4.69) is 35.9 Å². The van der Waals surface area contributed by atoms with Crippen molar-refractivity contribution in [2.45, 2.75) is 46.2 Å². The first kappa shape index (κ1) is 9.71. The Morgan fingerprint density at radius 1 is 1.50 bits per heavy atom. The molecule has 1 aliphatic heterocycles. The predicted octanol–water partition coefficient (Wildman–Crippen LogP) is 1.67. The molecule has 0 aliphatic carbocycles. The Bertz CT molecular complexity index is 326. The summed E-state index contributed by atoms with van der Waals surface area (Å²) in [7, 11) is 0. The molecule has 2 heterocycles. The number of aromatic nitrogens is 2. The van der Waals surface area contributed by atoms with Crippen molar-refractivity contribution < 1.29 is 0 Å². The van der Waals surface area contributed by atoms with Gasteiger partial charge in [-0.2, -0.15) is 5.10 Å². The number of rotatable bonds is 2. The van der Waals surface area contributed by atoms with Gasteiger partial charge in [-0.25, -0.2) is 0 Å². The zero-order valence-corrected chi connectivity index (χ0v) is 9.30. The van der Waals surface area contributed by atoms with Gasteiger partial charge in [-0.15, -0.1) is 0 Å². The smallest absolute Gasteiger partial charge is 0.0685 e. The first-order chi connectivity index (χ1) is 6.74. The number of nitrogens with one attached hydrogen (secondary N) is 1. The van der Waals surface area contributed by atoms with E-state index in [0.29, 0.717) is 5.92 Å². The Morgan fingerprint density at radius 2 is 2.29 bits per heavy atom. The zero-order valence-electron chi connectivity index (χ0n) is 9.30. The van der Waals surface area contributed by atoms with Crippen LogP contribution in [0.15, 0.2) is 0 Å². The largest absolute Gasteiger partial charge is 0.311 e. The minimum absolute atomic E-state index is 0.551. The SMILES string of the molecule is CCn1nc(C(C)C)c2c1CNCC2. The van der Waals surface area contributed by atoms with E-state index in [-0.39, 0.29) is 0 Å². The second-order valence-electron chi connectivity index (χ2n) is 4.21. The van der Waals surface area contributed by atoms with Crippen LogP contribution >= 0.6 is 0 Å². The monoisotopic (exact) mass is 193 g/mol. The molecule has 0 spiro atoms. The first-order valence-electron chi connectivity index (χ1n) is 5.53. The van der Waals surface area contributed by atoms with E-state index in [1.807, 2.05) is 0 Å². The minimum atomic E-state index is 0.551. The highest BCUT2D eigenvalue weighted by molar-refractivity contribution is 5.30. The molecule has 0 saturated carbocycles. The molecule has 0 aromatic carbocycles. The molecule has 1 aromatic heterocycles. The molecule has 1 aromatic rings. The fraction of sp³-hybridized carbons (Fsp3) is 0.727. The van der Waals surface area contributed by atoms with E-state index in [1.54, 1.807) is 0 Å². The maximum Gasteiger partial charge on any atom is 0.0685 e. The Balaban J connectivity index is 2.46. The summed E-state index contributed by atoms with van der Waals surface area (Å²) in [5.74, 6) is 0.551. The van der Waals surface area contributed by atoms with Gasteiger partial charge in [-0.1, -0.05) is 13.8 Å². The summed E-state index contributed by atoms with van der Waals surface area (Å²) in [6.07, 6.45) is 1.14. The van der Waals surface area contributed by atoms with Gasteiger partial charge in [0.1, 0.15) is 0 Å². The second kappa shape index (κ2) is 3.73. The van der Waals surface area contributed by atoms with Crippen LogP contribution in [0.4, 0.5) is 0 Å². The van der Waals surface area contributed by atoms with Crippen LogP contribution in [0.3, 0.4) is 0 Å². The third kappa shape index (κ3) is 1.46. The molecule has 14 heavy (non-hydrogen) atoms. The third-order valence-electron chi connectivity index (χ3n) is 2.89. The lowest BCUT2D eigenvalue weighted by Crippen LogP contribution is -2.25. The Hall–Kier alpha value is -0.830. The lowest BCUT2D eigenvalue weighted by molar-refractivity contribution is 0.558. The average Bonchev–Trinajstić information content (AvgIpc) is 2.56. The zero-order chi connectivity index (χ0) is 10.1. The Kier molecular flexibility index (Phi) is 2.59. The lowest BCUT2D eigenvalue weighted by Gasteiger charge is -2.15. The van der Waals surface area contributed by atoms with Gasteiger partial charge in [0.2, 0.25) is 0 Å². The van der Waals surface area contributed by atoms with Gasteiger partial charge in [0, 0.05) is 13.1 Å². The van der Waals surface area contributed by atoms with Crippen LogP contribution in [0, 0.1) is 0 Å². The van der Waals surface area contributed by atoms with Crippen LogP contribution in [0.25, 0.3) is 0 Å². The fourth-order valence-corrected chi connectivity index (χ4v) is 2.17. The minimum Gasteiger partial charge on any atom is -0.311 e. The van der Waals surface area contributed by atoms with Gasteiger partial charge in [0.15, 0.2) is 0 Å². The Morgan fingerprint density at radius 3 is 2.93 bits per heavy atom. The van der Waals surface area contributed by atoms with E-state index in [1.165, 1.54) is 17.0 Å². The van der Waals surface area contributed by atoms with Gasteiger partial charge < -0.3 is 5.32 Å². The maximum atomic E-state index is 4.69. The molecular formula is C11H19N3. The van der Waals surface area contributed by atoms with E-state index in [9.17, 15) is 0 Å². The van der Waals surface area contributed by atoms with E-state index in [4.69, 9.17) is 0 Å². The lowest BCUT2D eigenvalue weighted by atomic mass is 9.99. The molecule has 0 bridgehead atoms. The third-order valence-corrected chi connectivity index (χ3v) is 2.89. The van der Waals surface area contributed by atoms with Gasteiger partial charge in [0.25, 0.3) is 0 Å². The summed E-state index contributed by atoms with van der Waals surface area (Å²) in [4.78, 5) is 0. The molecule has 1 N–H and O–H groups in total. The molecule has 78 valence electrons. The summed E-state index contributed by atoms with van der Waals surface area (Å²) < 4.78 is 2.15. The number of aryl methyl sites for hydroxylation is 1. The number of nitrogens with zero attached hydrogens (tertiary/aromatic N) is 2. The molecular weight excluding hydrogens is 174 g/mol. The van der Waals surface area contributed by atoms with Crippen LogP contribution < -0.4 is 5.32 Å². The summed E-state index contributed by atoms with van der Waals surface area (Å²) in [5, 5.41) is 8.09. The molecule has 0 unspecified atom stereocenters. The standard InChI is InChI=1S/C11H19N3/c1-4-14-10-7-12-6-5-9(10)11(13-14)8(2)3/h8,12H,4-7H2,1-3H3. The van der Waals surface area contributed by atoms with Crippen LogP contribution in [0.5, 0.6) is 0 Å². The molecule has 3 nitrogen and oxygen atoms in total. The molecule has 0 saturated heterocycles. The van der Waals surface area contributed by atoms with Crippen molar-refractivity contribution in [2.75, 3.05) is 6.54 Å². The van der Waals surface area contributed by atoms with Gasteiger partial charge >= 0.3 is 0 Å². The molecule has 1 aliphatic rings. The van der Waals surface area contributed by atoms with Crippen molar-refractivity contribution in [3.8, 4) is 0 Å². The summed E-state index contributed by atoms with van der Waals surface area (Å²) >= 11 is 0. The number of hydrogen-bond donors (Lipinski definition) is 1. The highest BCUT2D eigenvalue weighted by Crippen LogP contribution is 2.24. The fourth-order valence-electron chi connectivity index (χ4n) is 2.17. The van der Waals surface area contributed by atoms with Crippen molar-refractivity contribution >= 4 is 0 Å². The van der Waals surface area contributed by atoms with E-state index >= 15 is 0 Å². The summed E-state index contributed by atoms with van der Waals surface area (Å²) in [6.45, 7) is 9.68. The predicted molar refractivity (Wildman–Crippen MR) is 57.4 cm³/mol. The molecule has 3 heteroatoms. The normalized spacial score (nSPS) is 16.0. The van der Waals surface area contributed by atoms with E-state index < -0.39 is 0 Å². The molecule has 0 radical (unpaired) electrons. The first-order valence-corrected chi connectivity index (χ1v) is 5.53. The summed E-state index contributed by atoms with van der Waals surface area (Å²) in [6, 6.07) is 0. The van der Waals surface area contributed by atoms with Crippen LogP contribution in [0.2, 0.25) is 0 Å².